The fourth-order valence-electron chi connectivity index (χ4n) is 4.16. The SMILES string of the molecule is CC(C)OCCC1CC(C2CN(C)CC(COC(C)C)O2)CN(C)C1. The van der Waals surface area contributed by atoms with E-state index in [0.29, 0.717) is 30.7 Å². The third kappa shape index (κ3) is 7.51. The normalized spacial score (nSPS) is 32.6. The van der Waals surface area contributed by atoms with E-state index in [-0.39, 0.29) is 12.2 Å². The van der Waals surface area contributed by atoms with Gasteiger partial charge in [-0.2, -0.15) is 0 Å². The first-order valence-electron chi connectivity index (χ1n) is 10.1. The molecule has 0 aromatic rings. The number of likely N-dealkylation sites (tertiary alicyclic amines) is 1. The van der Waals surface area contributed by atoms with Crippen LogP contribution in [0.2, 0.25) is 0 Å². The van der Waals surface area contributed by atoms with E-state index in [4.69, 9.17) is 14.2 Å². The van der Waals surface area contributed by atoms with Crippen molar-refractivity contribution in [2.45, 2.75) is 65.0 Å². The van der Waals surface area contributed by atoms with Crippen molar-refractivity contribution in [2.24, 2.45) is 11.8 Å². The third-order valence-electron chi connectivity index (χ3n) is 5.24. The minimum Gasteiger partial charge on any atom is -0.379 e. The molecule has 0 aliphatic carbocycles. The Hall–Kier alpha value is -0.200. The molecule has 2 heterocycles. The monoisotopic (exact) mass is 356 g/mol. The lowest BCUT2D eigenvalue weighted by Gasteiger charge is -2.44. The largest absolute Gasteiger partial charge is 0.379 e. The highest BCUT2D eigenvalue weighted by molar-refractivity contribution is 4.87. The van der Waals surface area contributed by atoms with Crippen molar-refractivity contribution in [2.75, 3.05) is 53.5 Å². The van der Waals surface area contributed by atoms with Crippen LogP contribution < -0.4 is 0 Å². The van der Waals surface area contributed by atoms with Gasteiger partial charge in [0.25, 0.3) is 0 Å². The van der Waals surface area contributed by atoms with Crippen LogP contribution in [-0.2, 0) is 14.2 Å². The van der Waals surface area contributed by atoms with Gasteiger partial charge in [-0.1, -0.05) is 0 Å². The first kappa shape index (κ1) is 21.1. The lowest BCUT2D eigenvalue weighted by molar-refractivity contribution is -0.142. The molecule has 4 unspecified atom stereocenters. The van der Waals surface area contributed by atoms with E-state index in [0.717, 1.165) is 32.7 Å². The molecule has 2 aliphatic heterocycles. The molecule has 2 aliphatic rings. The second kappa shape index (κ2) is 10.2. The van der Waals surface area contributed by atoms with Crippen LogP contribution in [0.15, 0.2) is 0 Å². The Morgan fingerprint density at radius 3 is 2.28 bits per heavy atom. The quantitative estimate of drug-likeness (QED) is 0.667. The van der Waals surface area contributed by atoms with Crippen LogP contribution in [0.4, 0.5) is 0 Å². The summed E-state index contributed by atoms with van der Waals surface area (Å²) in [4.78, 5) is 4.89. The van der Waals surface area contributed by atoms with Gasteiger partial charge in [0, 0.05) is 32.8 Å². The number of ether oxygens (including phenoxy) is 3. The molecular weight excluding hydrogens is 316 g/mol. The summed E-state index contributed by atoms with van der Waals surface area (Å²) < 4.78 is 18.0. The summed E-state index contributed by atoms with van der Waals surface area (Å²) in [5.41, 5.74) is 0. The first-order valence-corrected chi connectivity index (χ1v) is 10.1. The molecule has 5 heteroatoms. The van der Waals surface area contributed by atoms with Gasteiger partial charge < -0.3 is 24.0 Å². The summed E-state index contributed by atoms with van der Waals surface area (Å²) in [7, 11) is 4.45. The van der Waals surface area contributed by atoms with Gasteiger partial charge in [-0.25, -0.2) is 0 Å². The van der Waals surface area contributed by atoms with E-state index in [2.05, 4.69) is 51.6 Å². The highest BCUT2D eigenvalue weighted by Gasteiger charge is 2.36. The molecule has 0 N–H and O–H groups in total. The van der Waals surface area contributed by atoms with Crippen LogP contribution in [0.25, 0.3) is 0 Å². The number of likely N-dealkylation sites (N-methyl/N-ethyl adjacent to an activating group) is 1. The molecular formula is C20H40N2O3. The maximum Gasteiger partial charge on any atom is 0.0939 e. The first-order chi connectivity index (χ1) is 11.8. The average molecular weight is 357 g/mol. The molecule has 4 atom stereocenters. The van der Waals surface area contributed by atoms with Crippen molar-refractivity contribution >= 4 is 0 Å². The summed E-state index contributed by atoms with van der Waals surface area (Å²) in [6, 6.07) is 0. The van der Waals surface area contributed by atoms with Gasteiger partial charge >= 0.3 is 0 Å². The number of morpholine rings is 1. The summed E-state index contributed by atoms with van der Waals surface area (Å²) in [5.74, 6) is 1.32. The van der Waals surface area contributed by atoms with Gasteiger partial charge in [0.1, 0.15) is 0 Å². The number of rotatable bonds is 8. The molecule has 2 saturated heterocycles. The fourth-order valence-corrected chi connectivity index (χ4v) is 4.16. The minimum atomic E-state index is 0.195. The third-order valence-corrected chi connectivity index (χ3v) is 5.24. The van der Waals surface area contributed by atoms with E-state index >= 15 is 0 Å². The molecule has 25 heavy (non-hydrogen) atoms. The smallest absolute Gasteiger partial charge is 0.0939 e. The second-order valence-electron chi connectivity index (χ2n) is 8.69. The zero-order chi connectivity index (χ0) is 18.4. The Bertz CT molecular complexity index is 378. The maximum absolute atomic E-state index is 6.46. The molecule has 2 fully saturated rings. The van der Waals surface area contributed by atoms with Gasteiger partial charge in [-0.15, -0.1) is 0 Å². The Morgan fingerprint density at radius 1 is 0.920 bits per heavy atom. The lowest BCUT2D eigenvalue weighted by atomic mass is 9.83. The highest BCUT2D eigenvalue weighted by Crippen LogP contribution is 2.30. The van der Waals surface area contributed by atoms with Gasteiger partial charge in [0.15, 0.2) is 0 Å². The summed E-state index contributed by atoms with van der Waals surface area (Å²) in [6.07, 6.45) is 3.51. The number of hydrogen-bond donors (Lipinski definition) is 0. The van der Waals surface area contributed by atoms with Crippen molar-refractivity contribution < 1.29 is 14.2 Å². The van der Waals surface area contributed by atoms with Crippen molar-refractivity contribution in [1.82, 2.24) is 9.80 Å². The van der Waals surface area contributed by atoms with Crippen LogP contribution in [0.3, 0.4) is 0 Å². The Labute approximate surface area is 155 Å². The van der Waals surface area contributed by atoms with Crippen LogP contribution >= 0.6 is 0 Å². The molecule has 0 spiro atoms. The van der Waals surface area contributed by atoms with Crippen LogP contribution in [0.5, 0.6) is 0 Å². The number of hydrogen-bond acceptors (Lipinski definition) is 5. The van der Waals surface area contributed by atoms with Gasteiger partial charge in [0.05, 0.1) is 31.0 Å². The van der Waals surface area contributed by atoms with Crippen molar-refractivity contribution in [1.29, 1.82) is 0 Å². The van der Waals surface area contributed by atoms with Crippen LogP contribution in [0, 0.1) is 11.8 Å². The van der Waals surface area contributed by atoms with Crippen molar-refractivity contribution in [3.05, 3.63) is 0 Å². The van der Waals surface area contributed by atoms with E-state index in [1.807, 2.05) is 0 Å². The standard InChI is InChI=1S/C20H40N2O3/c1-15(2)23-8-7-17-9-18(11-21(5)10-17)20-13-22(6)12-19(25-20)14-24-16(3)4/h15-20H,7-14H2,1-6H3. The summed E-state index contributed by atoms with van der Waals surface area (Å²) >= 11 is 0. The fraction of sp³-hybridized carbons (Fsp3) is 1.00. The molecule has 0 radical (unpaired) electrons. The Balaban J connectivity index is 1.86. The zero-order valence-corrected chi connectivity index (χ0v) is 17.2. The maximum atomic E-state index is 6.46. The molecule has 0 amide bonds. The second-order valence-corrected chi connectivity index (χ2v) is 8.69. The molecule has 5 nitrogen and oxygen atoms in total. The topological polar surface area (TPSA) is 34.2 Å². The minimum absolute atomic E-state index is 0.195. The van der Waals surface area contributed by atoms with Crippen LogP contribution in [0.1, 0.15) is 40.5 Å². The Kier molecular flexibility index (Phi) is 8.62. The average Bonchev–Trinajstić information content (AvgIpc) is 2.51. The number of nitrogens with zero attached hydrogens (tertiary/aromatic N) is 2. The van der Waals surface area contributed by atoms with Gasteiger partial charge in [-0.05, 0) is 66.5 Å². The molecule has 2 rings (SSSR count). The van der Waals surface area contributed by atoms with Gasteiger partial charge in [0.2, 0.25) is 0 Å². The molecule has 0 aromatic carbocycles. The van der Waals surface area contributed by atoms with E-state index in [1.54, 1.807) is 0 Å². The predicted octanol–water partition coefficient (Wildman–Crippen LogP) is 2.49. The van der Waals surface area contributed by atoms with Crippen LogP contribution in [-0.4, -0.2) is 87.7 Å². The summed E-state index contributed by atoms with van der Waals surface area (Å²) in [5, 5.41) is 0. The highest BCUT2D eigenvalue weighted by atomic mass is 16.5. The molecule has 148 valence electrons. The molecule has 0 aromatic heterocycles. The van der Waals surface area contributed by atoms with Gasteiger partial charge in [-0.3, -0.25) is 0 Å². The number of piperidine rings is 1. The zero-order valence-electron chi connectivity index (χ0n) is 17.2. The molecule has 0 bridgehead atoms. The Morgan fingerprint density at radius 2 is 1.60 bits per heavy atom. The van der Waals surface area contributed by atoms with Crippen molar-refractivity contribution in [3.8, 4) is 0 Å². The van der Waals surface area contributed by atoms with E-state index < -0.39 is 0 Å². The van der Waals surface area contributed by atoms with E-state index in [1.165, 1.54) is 13.0 Å². The predicted molar refractivity (Wildman–Crippen MR) is 102 cm³/mol. The lowest BCUT2D eigenvalue weighted by Crippen LogP contribution is -2.54. The molecule has 0 saturated carbocycles. The van der Waals surface area contributed by atoms with E-state index in [9.17, 15) is 0 Å². The summed E-state index contributed by atoms with van der Waals surface area (Å²) in [6.45, 7) is 14.3. The van der Waals surface area contributed by atoms with Crippen molar-refractivity contribution in [3.63, 3.8) is 0 Å².